The van der Waals surface area contributed by atoms with Gasteiger partial charge in [-0.3, -0.25) is 9.78 Å². The van der Waals surface area contributed by atoms with Crippen molar-refractivity contribution in [3.05, 3.63) is 53.9 Å². The Morgan fingerprint density at radius 1 is 1.30 bits per heavy atom. The Morgan fingerprint density at radius 2 is 2.20 bits per heavy atom. The first-order valence-electron chi connectivity index (χ1n) is 6.69. The molecule has 0 bridgehead atoms. The third kappa shape index (κ3) is 2.25. The van der Waals surface area contributed by atoms with Crippen molar-refractivity contribution < 1.29 is 9.53 Å². The summed E-state index contributed by atoms with van der Waals surface area (Å²) in [6.45, 7) is 0.718. The lowest BCUT2D eigenvalue weighted by atomic mass is 10.0. The molecule has 0 N–H and O–H groups in total. The maximum atomic E-state index is 12.6. The lowest BCUT2D eigenvalue weighted by Gasteiger charge is -2.29. The molecule has 1 aromatic carbocycles. The van der Waals surface area contributed by atoms with E-state index in [0.29, 0.717) is 5.69 Å². The summed E-state index contributed by atoms with van der Waals surface area (Å²) in [7, 11) is 1.63. The van der Waals surface area contributed by atoms with Gasteiger partial charge in [-0.05, 0) is 36.6 Å². The molecule has 20 heavy (non-hydrogen) atoms. The van der Waals surface area contributed by atoms with Crippen LogP contribution in [-0.4, -0.2) is 24.5 Å². The second-order valence-electron chi connectivity index (χ2n) is 4.77. The highest BCUT2D eigenvalue weighted by Gasteiger charge is 2.24. The maximum Gasteiger partial charge on any atom is 0.276 e. The number of hydrogen-bond acceptors (Lipinski definition) is 3. The van der Waals surface area contributed by atoms with E-state index in [2.05, 4.69) is 4.98 Å². The molecule has 0 saturated heterocycles. The largest absolute Gasteiger partial charge is 0.497 e. The lowest BCUT2D eigenvalue weighted by Crippen LogP contribution is -2.35. The molecule has 2 aromatic rings. The number of hydrogen-bond donors (Lipinski definition) is 0. The number of benzene rings is 1. The van der Waals surface area contributed by atoms with Crippen LogP contribution < -0.4 is 9.64 Å². The minimum Gasteiger partial charge on any atom is -0.497 e. The van der Waals surface area contributed by atoms with E-state index in [4.69, 9.17) is 4.74 Å². The van der Waals surface area contributed by atoms with E-state index in [1.807, 2.05) is 30.3 Å². The van der Waals surface area contributed by atoms with Gasteiger partial charge in [-0.25, -0.2) is 0 Å². The molecule has 102 valence electrons. The summed E-state index contributed by atoms with van der Waals surface area (Å²) in [5.74, 6) is 0.712. The quantitative estimate of drug-likeness (QED) is 0.841. The normalized spacial score (nSPS) is 13.8. The number of aryl methyl sites for hydroxylation is 1. The summed E-state index contributed by atoms with van der Waals surface area (Å²) in [5.41, 5.74) is 2.59. The number of anilines is 1. The maximum absolute atomic E-state index is 12.6. The minimum absolute atomic E-state index is 0.0557. The highest BCUT2D eigenvalue weighted by molar-refractivity contribution is 6.05. The standard InChI is InChI=1S/C16H16N2O2/c1-20-13-8-7-12-5-4-10-18(15(12)11-13)16(19)14-6-2-3-9-17-14/h2-3,6-9,11H,4-5,10H2,1H3. The molecule has 0 fully saturated rings. The van der Waals surface area contributed by atoms with Gasteiger partial charge in [-0.2, -0.15) is 0 Å². The Hall–Kier alpha value is -2.36. The van der Waals surface area contributed by atoms with Crippen LogP contribution in [0.15, 0.2) is 42.6 Å². The number of rotatable bonds is 2. The first-order valence-corrected chi connectivity index (χ1v) is 6.69. The molecular weight excluding hydrogens is 252 g/mol. The average Bonchev–Trinajstić information content (AvgIpc) is 2.54. The molecule has 1 aliphatic heterocycles. The number of ether oxygens (including phenoxy) is 1. The third-order valence-electron chi connectivity index (χ3n) is 3.54. The summed E-state index contributed by atoms with van der Waals surface area (Å²) in [6, 6.07) is 11.3. The number of aromatic nitrogens is 1. The van der Waals surface area contributed by atoms with Gasteiger partial charge >= 0.3 is 0 Å². The van der Waals surface area contributed by atoms with Gasteiger partial charge in [0.15, 0.2) is 0 Å². The van der Waals surface area contributed by atoms with Crippen molar-refractivity contribution in [2.45, 2.75) is 12.8 Å². The van der Waals surface area contributed by atoms with Crippen molar-refractivity contribution in [1.82, 2.24) is 4.98 Å². The van der Waals surface area contributed by atoms with Crippen LogP contribution in [0.4, 0.5) is 5.69 Å². The summed E-state index contributed by atoms with van der Waals surface area (Å²) >= 11 is 0. The molecule has 0 atom stereocenters. The monoisotopic (exact) mass is 268 g/mol. The number of pyridine rings is 1. The van der Waals surface area contributed by atoms with E-state index in [-0.39, 0.29) is 5.91 Å². The van der Waals surface area contributed by atoms with E-state index in [1.165, 1.54) is 5.56 Å². The van der Waals surface area contributed by atoms with E-state index >= 15 is 0 Å². The highest BCUT2D eigenvalue weighted by Crippen LogP contribution is 2.31. The zero-order valence-electron chi connectivity index (χ0n) is 11.4. The molecule has 0 aliphatic carbocycles. The number of carbonyl (C=O) groups excluding carboxylic acids is 1. The third-order valence-corrected chi connectivity index (χ3v) is 3.54. The van der Waals surface area contributed by atoms with Gasteiger partial charge in [0.25, 0.3) is 5.91 Å². The Balaban J connectivity index is 1.99. The Kier molecular flexibility index (Phi) is 3.37. The molecular formula is C16H16N2O2. The summed E-state index contributed by atoms with van der Waals surface area (Å²) < 4.78 is 5.26. The fraction of sp³-hybridized carbons (Fsp3) is 0.250. The van der Waals surface area contributed by atoms with Gasteiger partial charge < -0.3 is 9.64 Å². The zero-order valence-corrected chi connectivity index (χ0v) is 11.4. The van der Waals surface area contributed by atoms with Crippen LogP contribution in [0.3, 0.4) is 0 Å². The number of nitrogens with zero attached hydrogens (tertiary/aromatic N) is 2. The van der Waals surface area contributed by atoms with Gasteiger partial charge in [-0.1, -0.05) is 12.1 Å². The number of methoxy groups -OCH3 is 1. The second-order valence-corrected chi connectivity index (χ2v) is 4.77. The molecule has 1 aromatic heterocycles. The van der Waals surface area contributed by atoms with Crippen LogP contribution in [0.25, 0.3) is 0 Å². The first kappa shape index (κ1) is 12.7. The number of amides is 1. The molecule has 1 amide bonds. The van der Waals surface area contributed by atoms with E-state index in [9.17, 15) is 4.79 Å². The minimum atomic E-state index is -0.0557. The molecule has 0 spiro atoms. The van der Waals surface area contributed by atoms with Crippen molar-refractivity contribution in [2.75, 3.05) is 18.6 Å². The van der Waals surface area contributed by atoms with Crippen LogP contribution in [0.2, 0.25) is 0 Å². The smallest absolute Gasteiger partial charge is 0.276 e. The van der Waals surface area contributed by atoms with Crippen LogP contribution in [0, 0.1) is 0 Å². The van der Waals surface area contributed by atoms with Gasteiger partial charge in [0.05, 0.1) is 12.8 Å². The second kappa shape index (κ2) is 5.33. The molecule has 0 radical (unpaired) electrons. The highest BCUT2D eigenvalue weighted by atomic mass is 16.5. The number of fused-ring (bicyclic) bond motifs is 1. The molecule has 0 unspecified atom stereocenters. The summed E-state index contributed by atoms with van der Waals surface area (Å²) in [6.07, 6.45) is 3.60. The Bertz CT molecular complexity index is 626. The van der Waals surface area contributed by atoms with Crippen LogP contribution >= 0.6 is 0 Å². The Morgan fingerprint density at radius 3 is 2.95 bits per heavy atom. The van der Waals surface area contributed by atoms with Crippen molar-refractivity contribution in [1.29, 1.82) is 0 Å². The van der Waals surface area contributed by atoms with Crippen molar-refractivity contribution >= 4 is 11.6 Å². The summed E-state index contributed by atoms with van der Waals surface area (Å²) in [4.78, 5) is 18.5. The topological polar surface area (TPSA) is 42.4 Å². The fourth-order valence-electron chi connectivity index (χ4n) is 2.52. The molecule has 0 saturated carbocycles. The molecule has 4 nitrogen and oxygen atoms in total. The molecule has 3 rings (SSSR count). The predicted octanol–water partition coefficient (Wildman–Crippen LogP) is 2.68. The van der Waals surface area contributed by atoms with Gasteiger partial charge in [0.1, 0.15) is 11.4 Å². The average molecular weight is 268 g/mol. The predicted molar refractivity (Wildman–Crippen MR) is 77.2 cm³/mol. The van der Waals surface area contributed by atoms with Gasteiger partial charge in [-0.15, -0.1) is 0 Å². The lowest BCUT2D eigenvalue weighted by molar-refractivity contribution is 0.0980. The van der Waals surface area contributed by atoms with Gasteiger partial charge in [0.2, 0.25) is 0 Å². The summed E-state index contributed by atoms with van der Waals surface area (Å²) in [5, 5.41) is 0. The van der Waals surface area contributed by atoms with E-state index in [1.54, 1.807) is 24.3 Å². The van der Waals surface area contributed by atoms with Crippen molar-refractivity contribution in [3.63, 3.8) is 0 Å². The van der Waals surface area contributed by atoms with Crippen molar-refractivity contribution in [3.8, 4) is 5.75 Å². The molecule has 4 heteroatoms. The van der Waals surface area contributed by atoms with Gasteiger partial charge in [0, 0.05) is 18.8 Å². The van der Waals surface area contributed by atoms with Crippen LogP contribution in [0.5, 0.6) is 5.75 Å². The van der Waals surface area contributed by atoms with Crippen molar-refractivity contribution in [2.24, 2.45) is 0 Å². The SMILES string of the molecule is COc1ccc2c(c1)N(C(=O)c1ccccn1)CCC2. The zero-order chi connectivity index (χ0) is 13.9. The van der Waals surface area contributed by atoms with Crippen LogP contribution in [0.1, 0.15) is 22.5 Å². The van der Waals surface area contributed by atoms with Crippen LogP contribution in [-0.2, 0) is 6.42 Å². The molecule has 1 aliphatic rings. The number of carbonyl (C=O) groups is 1. The van der Waals surface area contributed by atoms with E-state index < -0.39 is 0 Å². The Labute approximate surface area is 118 Å². The van der Waals surface area contributed by atoms with E-state index in [0.717, 1.165) is 30.8 Å². The molecule has 2 heterocycles. The first-order chi connectivity index (χ1) is 9.79. The fourth-order valence-corrected chi connectivity index (χ4v) is 2.52.